The molecule has 0 N–H and O–H groups in total. The summed E-state index contributed by atoms with van der Waals surface area (Å²) in [5, 5.41) is 0. The van der Waals surface area contributed by atoms with Crippen molar-refractivity contribution in [3.05, 3.63) is 65.7 Å². The number of fused-ring (bicyclic) bond motifs is 3. The summed E-state index contributed by atoms with van der Waals surface area (Å²) in [7, 11) is 0. The zero-order chi connectivity index (χ0) is 13.4. The fourth-order valence-electron chi connectivity index (χ4n) is 3.91. The summed E-state index contributed by atoms with van der Waals surface area (Å²) in [6.07, 6.45) is 6.13. The van der Waals surface area contributed by atoms with Crippen molar-refractivity contribution in [3.63, 3.8) is 0 Å². The molecule has 1 heteroatoms. The zero-order valence-electron chi connectivity index (χ0n) is 11.7. The smallest absolute Gasteiger partial charge is 0.0671 e. The van der Waals surface area contributed by atoms with Gasteiger partial charge in [-0.3, -0.25) is 4.99 Å². The van der Waals surface area contributed by atoms with Crippen LogP contribution in [0.15, 0.2) is 59.6 Å². The predicted octanol–water partition coefficient (Wildman–Crippen LogP) is 4.83. The second-order valence-corrected chi connectivity index (χ2v) is 6.03. The summed E-state index contributed by atoms with van der Waals surface area (Å²) >= 11 is 0. The topological polar surface area (TPSA) is 12.4 Å². The van der Waals surface area contributed by atoms with E-state index in [0.717, 1.165) is 6.42 Å². The zero-order valence-corrected chi connectivity index (χ0v) is 11.7. The Hall–Kier alpha value is -1.89. The lowest BCUT2D eigenvalue weighted by atomic mass is 9.66. The van der Waals surface area contributed by atoms with Crippen LogP contribution in [0.5, 0.6) is 0 Å². The van der Waals surface area contributed by atoms with Crippen LogP contribution in [0.4, 0.5) is 5.69 Å². The Balaban J connectivity index is 1.82. The van der Waals surface area contributed by atoms with Gasteiger partial charge in [0.25, 0.3) is 0 Å². The highest BCUT2D eigenvalue weighted by molar-refractivity contribution is 6.02. The van der Waals surface area contributed by atoms with Crippen molar-refractivity contribution in [1.29, 1.82) is 0 Å². The molecule has 0 spiro atoms. The van der Waals surface area contributed by atoms with Gasteiger partial charge in [0.2, 0.25) is 0 Å². The fourth-order valence-corrected chi connectivity index (χ4v) is 3.91. The van der Waals surface area contributed by atoms with Gasteiger partial charge in [-0.1, -0.05) is 55.0 Å². The molecule has 0 radical (unpaired) electrons. The quantitative estimate of drug-likeness (QED) is 0.734. The highest BCUT2D eigenvalue weighted by Gasteiger charge is 2.44. The summed E-state index contributed by atoms with van der Waals surface area (Å²) in [6, 6.07) is 19.6. The molecule has 1 nitrogen and oxygen atoms in total. The highest BCUT2D eigenvalue weighted by atomic mass is 14.8. The summed E-state index contributed by atoms with van der Waals surface area (Å²) in [5.41, 5.74) is 5.70. The molecule has 20 heavy (non-hydrogen) atoms. The van der Waals surface area contributed by atoms with Crippen LogP contribution in [-0.4, -0.2) is 5.71 Å². The molecule has 1 atom stereocenters. The first-order valence-electron chi connectivity index (χ1n) is 7.60. The minimum atomic E-state index is 0.177. The van der Waals surface area contributed by atoms with Crippen molar-refractivity contribution in [2.45, 2.75) is 37.5 Å². The van der Waals surface area contributed by atoms with Crippen molar-refractivity contribution in [2.24, 2.45) is 4.99 Å². The lowest BCUT2D eigenvalue weighted by Crippen LogP contribution is -2.38. The van der Waals surface area contributed by atoms with E-state index in [1.54, 1.807) is 0 Å². The van der Waals surface area contributed by atoms with Crippen molar-refractivity contribution in [3.8, 4) is 0 Å². The van der Waals surface area contributed by atoms with E-state index < -0.39 is 0 Å². The number of aliphatic imine (C=N–C) groups is 1. The molecule has 0 bridgehead atoms. The Morgan fingerprint density at radius 1 is 0.900 bits per heavy atom. The van der Waals surface area contributed by atoms with Crippen LogP contribution in [0.25, 0.3) is 0 Å². The SMILES string of the molecule is c1ccc(C[C@]23CCCCC2=Nc2ccccc23)cc1. The van der Waals surface area contributed by atoms with Gasteiger partial charge in [-0.25, -0.2) is 0 Å². The van der Waals surface area contributed by atoms with Crippen LogP contribution in [0.1, 0.15) is 36.8 Å². The van der Waals surface area contributed by atoms with E-state index in [-0.39, 0.29) is 5.41 Å². The molecule has 100 valence electrons. The average molecular weight is 261 g/mol. The summed E-state index contributed by atoms with van der Waals surface area (Å²) in [4.78, 5) is 4.96. The number of rotatable bonds is 2. The van der Waals surface area contributed by atoms with Gasteiger partial charge in [0, 0.05) is 11.1 Å². The monoisotopic (exact) mass is 261 g/mol. The maximum Gasteiger partial charge on any atom is 0.0671 e. The molecule has 1 saturated carbocycles. The minimum absolute atomic E-state index is 0.177. The molecule has 1 aliphatic heterocycles. The second kappa shape index (κ2) is 4.59. The molecular formula is C19H19N. The molecule has 0 saturated heterocycles. The number of hydrogen-bond donors (Lipinski definition) is 0. The van der Waals surface area contributed by atoms with E-state index in [4.69, 9.17) is 4.99 Å². The first-order valence-corrected chi connectivity index (χ1v) is 7.60. The van der Waals surface area contributed by atoms with Crippen molar-refractivity contribution >= 4 is 11.4 Å². The van der Waals surface area contributed by atoms with Gasteiger partial charge in [-0.15, -0.1) is 0 Å². The Bertz CT molecular complexity index is 656. The molecule has 1 aliphatic carbocycles. The van der Waals surface area contributed by atoms with Crippen molar-refractivity contribution in [1.82, 2.24) is 0 Å². The van der Waals surface area contributed by atoms with Gasteiger partial charge in [0.15, 0.2) is 0 Å². The molecule has 2 aromatic carbocycles. The lowest BCUT2D eigenvalue weighted by molar-refractivity contribution is 0.460. The van der Waals surface area contributed by atoms with Crippen LogP contribution in [0, 0.1) is 0 Å². The summed E-state index contributed by atoms with van der Waals surface area (Å²) in [5.74, 6) is 0. The van der Waals surface area contributed by atoms with E-state index in [0.29, 0.717) is 0 Å². The Morgan fingerprint density at radius 2 is 1.70 bits per heavy atom. The minimum Gasteiger partial charge on any atom is -0.257 e. The van der Waals surface area contributed by atoms with E-state index in [1.165, 1.54) is 48.2 Å². The molecular weight excluding hydrogens is 242 g/mol. The molecule has 0 unspecified atom stereocenters. The maximum atomic E-state index is 4.96. The van der Waals surface area contributed by atoms with E-state index in [9.17, 15) is 0 Å². The Labute approximate surface area is 120 Å². The van der Waals surface area contributed by atoms with Crippen molar-refractivity contribution in [2.75, 3.05) is 0 Å². The van der Waals surface area contributed by atoms with Gasteiger partial charge in [-0.05, 0) is 42.9 Å². The molecule has 1 heterocycles. The van der Waals surface area contributed by atoms with Crippen LogP contribution < -0.4 is 0 Å². The molecule has 0 aromatic heterocycles. The third-order valence-electron chi connectivity index (χ3n) is 4.84. The van der Waals surface area contributed by atoms with Gasteiger partial charge >= 0.3 is 0 Å². The van der Waals surface area contributed by atoms with Crippen molar-refractivity contribution < 1.29 is 0 Å². The van der Waals surface area contributed by atoms with Crippen LogP contribution in [-0.2, 0) is 11.8 Å². The van der Waals surface area contributed by atoms with E-state index in [1.807, 2.05) is 0 Å². The number of hydrogen-bond acceptors (Lipinski definition) is 1. The maximum absolute atomic E-state index is 4.96. The predicted molar refractivity (Wildman–Crippen MR) is 83.8 cm³/mol. The van der Waals surface area contributed by atoms with Crippen LogP contribution in [0.2, 0.25) is 0 Å². The molecule has 2 aromatic rings. The Morgan fingerprint density at radius 3 is 2.60 bits per heavy atom. The first-order chi connectivity index (χ1) is 9.88. The van der Waals surface area contributed by atoms with Gasteiger partial charge in [0.05, 0.1) is 5.69 Å². The highest BCUT2D eigenvalue weighted by Crippen LogP contribution is 2.48. The number of para-hydroxylation sites is 1. The van der Waals surface area contributed by atoms with Crippen LogP contribution in [0.3, 0.4) is 0 Å². The third-order valence-corrected chi connectivity index (χ3v) is 4.84. The molecule has 2 aliphatic rings. The molecule has 0 amide bonds. The normalized spacial score (nSPS) is 23.9. The van der Waals surface area contributed by atoms with Gasteiger partial charge in [-0.2, -0.15) is 0 Å². The number of nitrogens with zero attached hydrogens (tertiary/aromatic N) is 1. The lowest BCUT2D eigenvalue weighted by Gasteiger charge is -2.36. The summed E-state index contributed by atoms with van der Waals surface area (Å²) in [6.45, 7) is 0. The second-order valence-electron chi connectivity index (χ2n) is 6.03. The number of benzene rings is 2. The third kappa shape index (κ3) is 1.73. The largest absolute Gasteiger partial charge is 0.257 e. The van der Waals surface area contributed by atoms with Gasteiger partial charge in [0.1, 0.15) is 0 Å². The molecule has 4 rings (SSSR count). The Kier molecular flexibility index (Phi) is 2.73. The van der Waals surface area contributed by atoms with Crippen LogP contribution >= 0.6 is 0 Å². The summed E-state index contributed by atoms with van der Waals surface area (Å²) < 4.78 is 0. The van der Waals surface area contributed by atoms with E-state index in [2.05, 4.69) is 54.6 Å². The molecule has 1 fully saturated rings. The standard InChI is InChI=1S/C19H19N/c1-2-8-15(9-3-1)14-19-13-7-6-12-18(19)20-17-11-5-4-10-16(17)19/h1-5,8-11H,6-7,12-14H2/t19-/m0/s1. The first kappa shape index (κ1) is 11.9. The van der Waals surface area contributed by atoms with E-state index >= 15 is 0 Å². The average Bonchev–Trinajstić information content (AvgIpc) is 2.83. The van der Waals surface area contributed by atoms with Gasteiger partial charge < -0.3 is 0 Å². The fraction of sp³-hybridized carbons (Fsp3) is 0.316.